The van der Waals surface area contributed by atoms with Crippen LogP contribution in [0.1, 0.15) is 0 Å². The van der Waals surface area contributed by atoms with Crippen LogP contribution >= 0.6 is 11.3 Å². The Morgan fingerprint density at radius 3 is 1.71 bits per heavy atom. The van der Waals surface area contributed by atoms with Crippen molar-refractivity contribution in [2.75, 3.05) is 0 Å². The van der Waals surface area contributed by atoms with Crippen molar-refractivity contribution in [3.05, 3.63) is 200 Å². The maximum Gasteiger partial charge on any atom is 0.160 e. The number of nitrogens with zero attached hydrogens (tertiary/aromatic N) is 3. The van der Waals surface area contributed by atoms with Crippen LogP contribution < -0.4 is 0 Å². The van der Waals surface area contributed by atoms with Gasteiger partial charge in [-0.05, 0) is 63.7 Å². The first kappa shape index (κ1) is 32.3. The minimum atomic E-state index is 0.732. The molecule has 4 heteroatoms. The lowest BCUT2D eigenvalue weighted by molar-refractivity contribution is 1.18. The largest absolute Gasteiger partial charge is 0.309 e. The lowest BCUT2D eigenvalue weighted by Gasteiger charge is -2.10. The summed E-state index contributed by atoms with van der Waals surface area (Å²) in [4.78, 5) is 10.5. The molecular weight excluding hydrogens is 699 g/mol. The van der Waals surface area contributed by atoms with Crippen molar-refractivity contribution < 1.29 is 0 Å². The topological polar surface area (TPSA) is 30.7 Å². The van der Waals surface area contributed by atoms with Crippen LogP contribution in [0.15, 0.2) is 200 Å². The van der Waals surface area contributed by atoms with Crippen LogP contribution in [0.25, 0.3) is 104 Å². The third-order valence-electron chi connectivity index (χ3n) is 10.8. The van der Waals surface area contributed by atoms with Gasteiger partial charge in [0.05, 0.1) is 26.9 Å². The van der Waals surface area contributed by atoms with E-state index >= 15 is 0 Å². The molecule has 11 rings (SSSR count). The van der Waals surface area contributed by atoms with Crippen molar-refractivity contribution in [1.82, 2.24) is 14.5 Å². The minimum absolute atomic E-state index is 0.732. The standard InChI is InChI=1S/C52H33N3S/c1-4-15-34(16-5-1)35-29-31-36(32-30-35)48-51-49(54-52(53-48)37-17-6-2-7-18-37)44-26-13-25-42(50(44)56-51)39-20-12-19-38(33-39)41-24-14-28-46-47(41)43-23-10-11-27-45(43)55(46)40-21-8-3-9-22-40/h1-33H. The van der Waals surface area contributed by atoms with E-state index in [0.717, 1.165) is 43.9 Å². The fourth-order valence-electron chi connectivity index (χ4n) is 8.23. The summed E-state index contributed by atoms with van der Waals surface area (Å²) in [5.74, 6) is 0.732. The summed E-state index contributed by atoms with van der Waals surface area (Å²) in [6, 6.07) is 71.4. The van der Waals surface area contributed by atoms with Gasteiger partial charge in [0.1, 0.15) is 0 Å². The predicted molar refractivity (Wildman–Crippen MR) is 236 cm³/mol. The third-order valence-corrected chi connectivity index (χ3v) is 12.1. The Balaban J connectivity index is 1.09. The number of thiophene rings is 1. The number of para-hydroxylation sites is 2. The van der Waals surface area contributed by atoms with Crippen LogP contribution in [0.5, 0.6) is 0 Å². The van der Waals surface area contributed by atoms with Crippen LogP contribution in [-0.4, -0.2) is 14.5 Å². The van der Waals surface area contributed by atoms with Crippen LogP contribution in [0.3, 0.4) is 0 Å². The lowest BCUT2D eigenvalue weighted by Crippen LogP contribution is -1.93. The van der Waals surface area contributed by atoms with Gasteiger partial charge in [-0.3, -0.25) is 0 Å². The van der Waals surface area contributed by atoms with Gasteiger partial charge in [0, 0.05) is 37.7 Å². The molecule has 0 saturated heterocycles. The summed E-state index contributed by atoms with van der Waals surface area (Å²) in [5, 5.41) is 3.65. The maximum atomic E-state index is 5.27. The molecule has 0 atom stereocenters. The fraction of sp³-hybridized carbons (Fsp3) is 0. The zero-order chi connectivity index (χ0) is 37.0. The van der Waals surface area contributed by atoms with Crippen LogP contribution in [0, 0.1) is 0 Å². The molecule has 0 bridgehead atoms. The van der Waals surface area contributed by atoms with E-state index in [-0.39, 0.29) is 0 Å². The molecule has 0 spiro atoms. The van der Waals surface area contributed by atoms with E-state index in [2.05, 4.69) is 187 Å². The van der Waals surface area contributed by atoms with Gasteiger partial charge in [-0.15, -0.1) is 11.3 Å². The molecule has 0 amide bonds. The van der Waals surface area contributed by atoms with Gasteiger partial charge >= 0.3 is 0 Å². The molecule has 0 aliphatic heterocycles. The summed E-state index contributed by atoms with van der Waals surface area (Å²) < 4.78 is 4.68. The smallest absolute Gasteiger partial charge is 0.160 e. The molecule has 3 nitrogen and oxygen atoms in total. The second-order valence-electron chi connectivity index (χ2n) is 14.1. The van der Waals surface area contributed by atoms with Crippen molar-refractivity contribution in [2.24, 2.45) is 0 Å². The van der Waals surface area contributed by atoms with Crippen molar-refractivity contribution in [2.45, 2.75) is 0 Å². The summed E-state index contributed by atoms with van der Waals surface area (Å²) in [6.45, 7) is 0. The molecular formula is C52H33N3S. The first-order valence-electron chi connectivity index (χ1n) is 18.9. The molecule has 0 radical (unpaired) electrons. The monoisotopic (exact) mass is 731 g/mol. The first-order valence-corrected chi connectivity index (χ1v) is 19.7. The number of rotatable bonds is 6. The molecule has 0 saturated carbocycles. The van der Waals surface area contributed by atoms with Crippen molar-refractivity contribution >= 4 is 53.4 Å². The van der Waals surface area contributed by atoms with Gasteiger partial charge in [0.2, 0.25) is 0 Å². The molecule has 0 aliphatic carbocycles. The van der Waals surface area contributed by atoms with Crippen molar-refractivity contribution in [1.29, 1.82) is 0 Å². The summed E-state index contributed by atoms with van der Waals surface area (Å²) in [6.07, 6.45) is 0. The van der Waals surface area contributed by atoms with Gasteiger partial charge in [-0.25, -0.2) is 9.97 Å². The van der Waals surface area contributed by atoms with E-state index in [1.165, 1.54) is 59.9 Å². The Hall–Kier alpha value is -7.14. The van der Waals surface area contributed by atoms with Gasteiger partial charge in [-0.1, -0.05) is 170 Å². The van der Waals surface area contributed by atoms with Crippen molar-refractivity contribution in [3.63, 3.8) is 0 Å². The Morgan fingerprint density at radius 2 is 0.929 bits per heavy atom. The number of aromatic nitrogens is 3. The highest BCUT2D eigenvalue weighted by Gasteiger charge is 2.20. The normalized spacial score (nSPS) is 11.6. The molecule has 8 aromatic carbocycles. The van der Waals surface area contributed by atoms with E-state index in [1.54, 1.807) is 11.3 Å². The molecule has 0 aliphatic rings. The highest BCUT2D eigenvalue weighted by molar-refractivity contribution is 7.26. The fourth-order valence-corrected chi connectivity index (χ4v) is 9.51. The highest BCUT2D eigenvalue weighted by Crippen LogP contribution is 2.45. The SMILES string of the molecule is c1ccc(-c2ccc(-c3nc(-c4ccccc4)nc4c3sc3c(-c5cccc(-c6cccc7c6c6ccccc6n7-c6ccccc6)c5)cccc34)cc2)cc1. The second kappa shape index (κ2) is 13.3. The molecule has 262 valence electrons. The van der Waals surface area contributed by atoms with Crippen molar-refractivity contribution in [3.8, 4) is 61.7 Å². The van der Waals surface area contributed by atoms with Crippen LogP contribution in [-0.2, 0) is 0 Å². The van der Waals surface area contributed by atoms with E-state index in [4.69, 9.17) is 9.97 Å². The molecule has 0 N–H and O–H groups in total. The molecule has 0 unspecified atom stereocenters. The molecule has 0 fully saturated rings. The summed E-state index contributed by atoms with van der Waals surface area (Å²) in [7, 11) is 0. The highest BCUT2D eigenvalue weighted by atomic mass is 32.1. The van der Waals surface area contributed by atoms with E-state index < -0.39 is 0 Å². The van der Waals surface area contributed by atoms with Crippen LogP contribution in [0.2, 0.25) is 0 Å². The summed E-state index contributed by atoms with van der Waals surface area (Å²) in [5.41, 5.74) is 14.7. The van der Waals surface area contributed by atoms with E-state index in [9.17, 15) is 0 Å². The van der Waals surface area contributed by atoms with Gasteiger partial charge in [0.25, 0.3) is 0 Å². The van der Waals surface area contributed by atoms with Gasteiger partial charge in [-0.2, -0.15) is 0 Å². The summed E-state index contributed by atoms with van der Waals surface area (Å²) >= 11 is 1.79. The Labute approximate surface area is 328 Å². The van der Waals surface area contributed by atoms with E-state index in [1.807, 2.05) is 18.2 Å². The van der Waals surface area contributed by atoms with Crippen LogP contribution in [0.4, 0.5) is 0 Å². The lowest BCUT2D eigenvalue weighted by atomic mass is 9.95. The molecule has 11 aromatic rings. The van der Waals surface area contributed by atoms with Gasteiger partial charge in [0.15, 0.2) is 5.82 Å². The number of fused-ring (bicyclic) bond motifs is 6. The minimum Gasteiger partial charge on any atom is -0.309 e. The number of hydrogen-bond donors (Lipinski definition) is 0. The maximum absolute atomic E-state index is 5.27. The quantitative estimate of drug-likeness (QED) is 0.170. The number of hydrogen-bond acceptors (Lipinski definition) is 3. The molecule has 3 heterocycles. The zero-order valence-corrected chi connectivity index (χ0v) is 31.1. The molecule has 3 aromatic heterocycles. The number of benzene rings is 8. The Morgan fingerprint density at radius 1 is 0.375 bits per heavy atom. The first-order chi connectivity index (χ1) is 27.8. The second-order valence-corrected chi connectivity index (χ2v) is 15.2. The Kier molecular flexibility index (Phi) is 7.68. The average molecular weight is 732 g/mol. The van der Waals surface area contributed by atoms with E-state index in [0.29, 0.717) is 0 Å². The average Bonchev–Trinajstić information content (AvgIpc) is 3.83. The zero-order valence-electron chi connectivity index (χ0n) is 30.3. The third kappa shape index (κ3) is 5.34. The predicted octanol–water partition coefficient (Wildman–Crippen LogP) is 14.3. The molecule has 56 heavy (non-hydrogen) atoms. The van der Waals surface area contributed by atoms with Gasteiger partial charge < -0.3 is 4.57 Å². The Bertz CT molecular complexity index is 3220.